The van der Waals surface area contributed by atoms with Gasteiger partial charge in [0.25, 0.3) is 0 Å². The molecule has 0 aromatic rings. The van der Waals surface area contributed by atoms with Crippen LogP contribution in [0.5, 0.6) is 0 Å². The van der Waals surface area contributed by atoms with Crippen molar-refractivity contribution in [3.05, 3.63) is 0 Å². The standard InChI is InChI=1S/C11H26O3Si/c1-11(2,3)15(5,6)14-9-10(7-12)8-13-4/h10,12H,7-9H2,1-6H3. The second-order valence-corrected chi connectivity index (χ2v) is 10.4. The van der Waals surface area contributed by atoms with Crippen molar-refractivity contribution >= 4 is 8.32 Å². The van der Waals surface area contributed by atoms with Crippen LogP contribution in [-0.2, 0) is 9.16 Å². The molecule has 0 fully saturated rings. The molecule has 1 unspecified atom stereocenters. The lowest BCUT2D eigenvalue weighted by Gasteiger charge is -2.37. The monoisotopic (exact) mass is 234 g/mol. The summed E-state index contributed by atoms with van der Waals surface area (Å²) >= 11 is 0. The fourth-order valence-corrected chi connectivity index (χ4v) is 2.02. The zero-order valence-corrected chi connectivity index (χ0v) is 12.0. The van der Waals surface area contributed by atoms with Gasteiger partial charge in [-0.1, -0.05) is 20.8 Å². The number of hydrogen-bond donors (Lipinski definition) is 1. The number of rotatable bonds is 6. The van der Waals surface area contributed by atoms with Crippen molar-refractivity contribution in [2.45, 2.75) is 38.9 Å². The Morgan fingerprint density at radius 2 is 1.73 bits per heavy atom. The number of aliphatic hydroxyl groups excluding tert-OH is 1. The van der Waals surface area contributed by atoms with Crippen LogP contribution in [0.2, 0.25) is 18.1 Å². The molecule has 0 radical (unpaired) electrons. The molecule has 15 heavy (non-hydrogen) atoms. The van der Waals surface area contributed by atoms with Gasteiger partial charge in [-0.05, 0) is 18.1 Å². The van der Waals surface area contributed by atoms with E-state index in [1.807, 2.05) is 0 Å². The third-order valence-electron chi connectivity index (χ3n) is 3.15. The molecule has 0 aliphatic rings. The van der Waals surface area contributed by atoms with Crippen molar-refractivity contribution in [1.82, 2.24) is 0 Å². The molecule has 1 N–H and O–H groups in total. The number of ether oxygens (including phenoxy) is 1. The fraction of sp³-hybridized carbons (Fsp3) is 1.00. The Morgan fingerprint density at radius 3 is 2.07 bits per heavy atom. The smallest absolute Gasteiger partial charge is 0.191 e. The Kier molecular flexibility index (Phi) is 6.03. The van der Waals surface area contributed by atoms with Gasteiger partial charge in [0.15, 0.2) is 8.32 Å². The van der Waals surface area contributed by atoms with Crippen LogP contribution in [-0.4, -0.2) is 40.4 Å². The average Bonchev–Trinajstić information content (AvgIpc) is 2.10. The van der Waals surface area contributed by atoms with Gasteiger partial charge in [0, 0.05) is 19.6 Å². The summed E-state index contributed by atoms with van der Waals surface area (Å²) in [4.78, 5) is 0. The van der Waals surface area contributed by atoms with Gasteiger partial charge < -0.3 is 14.3 Å². The predicted molar refractivity (Wildman–Crippen MR) is 65.6 cm³/mol. The van der Waals surface area contributed by atoms with Crippen LogP contribution in [0.3, 0.4) is 0 Å². The SMILES string of the molecule is COCC(CO)CO[Si](C)(C)C(C)(C)C. The molecule has 0 aliphatic carbocycles. The van der Waals surface area contributed by atoms with Crippen LogP contribution >= 0.6 is 0 Å². The molecule has 0 aliphatic heterocycles. The minimum atomic E-state index is -1.68. The largest absolute Gasteiger partial charge is 0.416 e. The Bertz CT molecular complexity index is 175. The fourth-order valence-electron chi connectivity index (χ4n) is 0.932. The van der Waals surface area contributed by atoms with Crippen molar-refractivity contribution in [2.75, 3.05) is 26.9 Å². The van der Waals surface area contributed by atoms with E-state index in [2.05, 4.69) is 33.9 Å². The highest BCUT2D eigenvalue weighted by Crippen LogP contribution is 2.36. The van der Waals surface area contributed by atoms with Crippen molar-refractivity contribution in [2.24, 2.45) is 5.92 Å². The van der Waals surface area contributed by atoms with E-state index in [0.29, 0.717) is 13.2 Å². The van der Waals surface area contributed by atoms with E-state index >= 15 is 0 Å². The average molecular weight is 234 g/mol. The summed E-state index contributed by atoms with van der Waals surface area (Å²) in [5.74, 6) is 0.101. The quantitative estimate of drug-likeness (QED) is 0.717. The molecule has 0 saturated carbocycles. The molecule has 0 aromatic heterocycles. The third kappa shape index (κ3) is 5.11. The summed E-state index contributed by atoms with van der Waals surface area (Å²) < 4.78 is 11.0. The highest BCUT2D eigenvalue weighted by Gasteiger charge is 2.37. The van der Waals surface area contributed by atoms with Crippen LogP contribution in [0.1, 0.15) is 20.8 Å². The zero-order valence-electron chi connectivity index (χ0n) is 11.0. The third-order valence-corrected chi connectivity index (χ3v) is 7.65. The van der Waals surface area contributed by atoms with Gasteiger partial charge in [0.1, 0.15) is 0 Å². The summed E-state index contributed by atoms with van der Waals surface area (Å²) in [7, 11) is -0.0318. The van der Waals surface area contributed by atoms with E-state index in [1.54, 1.807) is 7.11 Å². The predicted octanol–water partition coefficient (Wildman–Crippen LogP) is 2.26. The lowest BCUT2D eigenvalue weighted by atomic mass is 10.2. The molecule has 92 valence electrons. The summed E-state index contributed by atoms with van der Waals surface area (Å²) in [5.41, 5.74) is 0. The summed E-state index contributed by atoms with van der Waals surface area (Å²) in [6.07, 6.45) is 0. The second kappa shape index (κ2) is 5.99. The van der Waals surface area contributed by atoms with Crippen molar-refractivity contribution in [3.63, 3.8) is 0 Å². The Morgan fingerprint density at radius 1 is 1.20 bits per heavy atom. The van der Waals surface area contributed by atoms with Crippen molar-refractivity contribution < 1.29 is 14.3 Å². The zero-order chi connectivity index (χ0) is 12.1. The minimum Gasteiger partial charge on any atom is -0.416 e. The molecule has 0 spiro atoms. The number of methoxy groups -OCH3 is 1. The van der Waals surface area contributed by atoms with Crippen LogP contribution in [0.15, 0.2) is 0 Å². The highest BCUT2D eigenvalue weighted by molar-refractivity contribution is 6.74. The molecule has 0 rings (SSSR count). The van der Waals surface area contributed by atoms with E-state index in [0.717, 1.165) is 0 Å². The maximum atomic E-state index is 9.11. The van der Waals surface area contributed by atoms with Gasteiger partial charge in [-0.2, -0.15) is 0 Å². The molecule has 0 saturated heterocycles. The van der Waals surface area contributed by atoms with Gasteiger partial charge in [0.05, 0.1) is 13.2 Å². The van der Waals surface area contributed by atoms with E-state index in [1.165, 1.54) is 0 Å². The van der Waals surface area contributed by atoms with Crippen LogP contribution in [0.25, 0.3) is 0 Å². The van der Waals surface area contributed by atoms with Gasteiger partial charge in [-0.3, -0.25) is 0 Å². The maximum Gasteiger partial charge on any atom is 0.191 e. The van der Waals surface area contributed by atoms with E-state index in [9.17, 15) is 0 Å². The van der Waals surface area contributed by atoms with Crippen LogP contribution in [0, 0.1) is 5.92 Å². The molecule has 3 nitrogen and oxygen atoms in total. The van der Waals surface area contributed by atoms with E-state index in [4.69, 9.17) is 14.3 Å². The molecule has 0 bridgehead atoms. The molecule has 0 amide bonds. The molecule has 1 atom stereocenters. The summed E-state index contributed by atoms with van der Waals surface area (Å²) in [6, 6.07) is 0. The second-order valence-electron chi connectivity index (χ2n) is 5.58. The van der Waals surface area contributed by atoms with Crippen LogP contribution < -0.4 is 0 Å². The van der Waals surface area contributed by atoms with Gasteiger partial charge in [0.2, 0.25) is 0 Å². The first-order chi connectivity index (χ1) is 6.74. The first-order valence-electron chi connectivity index (χ1n) is 5.48. The number of aliphatic hydroxyl groups is 1. The van der Waals surface area contributed by atoms with Gasteiger partial charge in [-0.25, -0.2) is 0 Å². The minimum absolute atomic E-state index is 0.101. The topological polar surface area (TPSA) is 38.7 Å². The van der Waals surface area contributed by atoms with Crippen LogP contribution in [0.4, 0.5) is 0 Å². The first kappa shape index (κ1) is 15.1. The molecular weight excluding hydrogens is 208 g/mol. The van der Waals surface area contributed by atoms with Crippen molar-refractivity contribution in [1.29, 1.82) is 0 Å². The highest BCUT2D eigenvalue weighted by atomic mass is 28.4. The Balaban J connectivity index is 4.12. The summed E-state index contributed by atoms with van der Waals surface area (Å²) in [5, 5.41) is 9.33. The lowest BCUT2D eigenvalue weighted by Crippen LogP contribution is -2.42. The molecule has 0 heterocycles. The summed E-state index contributed by atoms with van der Waals surface area (Å²) in [6.45, 7) is 12.4. The van der Waals surface area contributed by atoms with E-state index in [-0.39, 0.29) is 17.6 Å². The molecule has 0 aromatic carbocycles. The first-order valence-corrected chi connectivity index (χ1v) is 8.39. The Hall–Kier alpha value is 0.0969. The Labute approximate surface area is 94.9 Å². The molecular formula is C11H26O3Si. The lowest BCUT2D eigenvalue weighted by molar-refractivity contribution is 0.0740. The maximum absolute atomic E-state index is 9.11. The van der Waals surface area contributed by atoms with E-state index < -0.39 is 8.32 Å². The van der Waals surface area contributed by atoms with Crippen molar-refractivity contribution in [3.8, 4) is 0 Å². The number of hydrogen-bond acceptors (Lipinski definition) is 3. The molecule has 4 heteroatoms. The normalized spacial score (nSPS) is 15.4. The van der Waals surface area contributed by atoms with Gasteiger partial charge >= 0.3 is 0 Å². The van der Waals surface area contributed by atoms with Gasteiger partial charge in [-0.15, -0.1) is 0 Å².